The molecule has 1 aromatic carbocycles. The summed E-state index contributed by atoms with van der Waals surface area (Å²) in [5, 5.41) is 0. The van der Waals surface area contributed by atoms with Gasteiger partial charge in [0.1, 0.15) is 5.76 Å². The molecule has 3 heterocycles. The molecule has 0 bridgehead atoms. The van der Waals surface area contributed by atoms with Crippen molar-refractivity contribution in [3.8, 4) is 0 Å². The number of para-hydroxylation sites is 1. The lowest BCUT2D eigenvalue weighted by Crippen LogP contribution is -2.32. The highest BCUT2D eigenvalue weighted by atomic mass is 16.3. The van der Waals surface area contributed by atoms with Gasteiger partial charge in [0.05, 0.1) is 18.4 Å². The average molecular weight is 339 g/mol. The molecule has 0 spiro atoms. The molecule has 4 rings (SSSR count). The van der Waals surface area contributed by atoms with Gasteiger partial charge in [-0.3, -0.25) is 4.79 Å². The highest BCUT2D eigenvalue weighted by Crippen LogP contribution is 2.34. The minimum Gasteiger partial charge on any atom is -0.467 e. The van der Waals surface area contributed by atoms with E-state index in [1.54, 1.807) is 12.3 Å². The zero-order chi connectivity index (χ0) is 17.4. The summed E-state index contributed by atoms with van der Waals surface area (Å²) in [6.07, 6.45) is 3.65. The van der Waals surface area contributed by atoms with Crippen LogP contribution in [0.3, 0.4) is 0 Å². The quantitative estimate of drug-likeness (QED) is 0.930. The second-order valence-corrected chi connectivity index (χ2v) is 7.21. The first-order valence-corrected chi connectivity index (χ1v) is 9.07. The zero-order valence-electron chi connectivity index (χ0n) is 14.6. The van der Waals surface area contributed by atoms with Crippen molar-refractivity contribution in [1.29, 1.82) is 0 Å². The van der Waals surface area contributed by atoms with Gasteiger partial charge in [-0.05, 0) is 49.9 Å². The zero-order valence-corrected chi connectivity index (χ0v) is 14.6. The normalized spacial score (nSPS) is 22.5. The van der Waals surface area contributed by atoms with Gasteiger partial charge in [-0.25, -0.2) is 0 Å². The minimum absolute atomic E-state index is 0.0693. The van der Waals surface area contributed by atoms with Crippen LogP contribution in [0.15, 0.2) is 41.0 Å². The molecule has 1 saturated heterocycles. The summed E-state index contributed by atoms with van der Waals surface area (Å²) in [5.74, 6) is 1.24. The summed E-state index contributed by atoms with van der Waals surface area (Å²) in [7, 11) is 0. The Balaban J connectivity index is 1.54. The van der Waals surface area contributed by atoms with Gasteiger partial charge in [0.25, 0.3) is 5.91 Å². The van der Waals surface area contributed by atoms with E-state index >= 15 is 0 Å². The molecule has 1 aromatic heterocycles. The van der Waals surface area contributed by atoms with E-state index in [4.69, 9.17) is 10.2 Å². The summed E-state index contributed by atoms with van der Waals surface area (Å²) < 4.78 is 5.71. The second kappa shape index (κ2) is 6.56. The second-order valence-electron chi connectivity index (χ2n) is 7.21. The van der Waals surface area contributed by atoms with E-state index in [0.717, 1.165) is 31.7 Å². The summed E-state index contributed by atoms with van der Waals surface area (Å²) in [4.78, 5) is 17.1. The summed E-state index contributed by atoms with van der Waals surface area (Å²) in [6, 6.07) is 10.7. The molecule has 0 saturated carbocycles. The minimum atomic E-state index is 0.0693. The smallest absolute Gasteiger partial charge is 0.257 e. The predicted octanol–water partition coefficient (Wildman–Crippen LogP) is 2.65. The van der Waals surface area contributed by atoms with E-state index in [9.17, 15) is 4.79 Å². The van der Waals surface area contributed by atoms with Gasteiger partial charge in [-0.2, -0.15) is 0 Å². The Labute approximate surface area is 148 Å². The number of rotatable bonds is 4. The molecule has 132 valence electrons. The number of anilines is 1. The molecule has 1 amide bonds. The van der Waals surface area contributed by atoms with Gasteiger partial charge in [-0.15, -0.1) is 0 Å². The van der Waals surface area contributed by atoms with E-state index in [1.165, 1.54) is 11.3 Å². The van der Waals surface area contributed by atoms with Crippen molar-refractivity contribution in [3.05, 3.63) is 53.5 Å². The molecule has 2 N–H and O–H groups in total. The van der Waals surface area contributed by atoms with Gasteiger partial charge in [0.15, 0.2) is 0 Å². The number of amides is 1. The number of likely N-dealkylation sites (tertiary alicyclic amines) is 1. The van der Waals surface area contributed by atoms with Crippen molar-refractivity contribution in [2.24, 2.45) is 11.7 Å². The Hall–Kier alpha value is -2.27. The first-order valence-electron chi connectivity index (χ1n) is 9.07. The number of nitrogens with zero attached hydrogens (tertiary/aromatic N) is 2. The monoisotopic (exact) mass is 339 g/mol. The molecule has 1 fully saturated rings. The van der Waals surface area contributed by atoms with Crippen LogP contribution in [0.2, 0.25) is 0 Å². The van der Waals surface area contributed by atoms with Crippen molar-refractivity contribution in [2.45, 2.75) is 32.4 Å². The molecule has 0 aliphatic carbocycles. The van der Waals surface area contributed by atoms with Crippen molar-refractivity contribution in [2.75, 3.05) is 24.5 Å². The molecule has 5 heteroatoms. The van der Waals surface area contributed by atoms with Crippen LogP contribution in [0.25, 0.3) is 0 Å². The molecular weight excluding hydrogens is 314 g/mol. The molecular formula is C20H25N3O2. The van der Waals surface area contributed by atoms with E-state index in [-0.39, 0.29) is 5.91 Å². The molecule has 2 aromatic rings. The van der Waals surface area contributed by atoms with Gasteiger partial charge in [0, 0.05) is 24.8 Å². The Morgan fingerprint density at radius 1 is 1.32 bits per heavy atom. The molecule has 2 unspecified atom stereocenters. The Morgan fingerprint density at radius 3 is 2.96 bits per heavy atom. The third-order valence-corrected chi connectivity index (χ3v) is 5.54. The maximum absolute atomic E-state index is 12.9. The standard InChI is InChI=1S/C20H25N3O2/c1-14-10-16-4-2-3-5-18(16)23(14)13-19-17(7-9-25-19)20(24)22-8-6-15(11-21)12-22/h2-5,7,9,14-15H,6,8,10-13,21H2,1H3. The Kier molecular flexibility index (Phi) is 4.25. The van der Waals surface area contributed by atoms with E-state index in [2.05, 4.69) is 36.1 Å². The highest BCUT2D eigenvalue weighted by molar-refractivity contribution is 5.95. The van der Waals surface area contributed by atoms with Crippen LogP contribution in [-0.4, -0.2) is 36.5 Å². The lowest BCUT2D eigenvalue weighted by Gasteiger charge is -2.24. The molecule has 2 aliphatic heterocycles. The van der Waals surface area contributed by atoms with Crippen LogP contribution in [0.4, 0.5) is 5.69 Å². The third-order valence-electron chi connectivity index (χ3n) is 5.54. The maximum atomic E-state index is 12.9. The number of carbonyl (C=O) groups excluding carboxylic acids is 1. The first kappa shape index (κ1) is 16.2. The van der Waals surface area contributed by atoms with Crippen molar-refractivity contribution < 1.29 is 9.21 Å². The van der Waals surface area contributed by atoms with Gasteiger partial charge in [-0.1, -0.05) is 18.2 Å². The molecule has 5 nitrogen and oxygen atoms in total. The van der Waals surface area contributed by atoms with Crippen LogP contribution in [0, 0.1) is 5.92 Å². The number of furan rings is 1. The number of hydrogen-bond donors (Lipinski definition) is 1. The lowest BCUT2D eigenvalue weighted by atomic mass is 10.1. The van der Waals surface area contributed by atoms with Crippen molar-refractivity contribution >= 4 is 11.6 Å². The van der Waals surface area contributed by atoms with E-state index in [0.29, 0.717) is 30.6 Å². The Morgan fingerprint density at radius 2 is 2.16 bits per heavy atom. The van der Waals surface area contributed by atoms with Gasteiger partial charge in [0.2, 0.25) is 0 Å². The highest BCUT2D eigenvalue weighted by Gasteiger charge is 2.31. The molecule has 25 heavy (non-hydrogen) atoms. The predicted molar refractivity (Wildman–Crippen MR) is 97.6 cm³/mol. The number of hydrogen-bond acceptors (Lipinski definition) is 4. The number of nitrogens with two attached hydrogens (primary N) is 1. The van der Waals surface area contributed by atoms with Crippen LogP contribution < -0.4 is 10.6 Å². The van der Waals surface area contributed by atoms with Gasteiger partial charge >= 0.3 is 0 Å². The average Bonchev–Trinajstić information content (AvgIpc) is 3.34. The third kappa shape index (κ3) is 2.93. The summed E-state index contributed by atoms with van der Waals surface area (Å²) in [6.45, 7) is 5.03. The largest absolute Gasteiger partial charge is 0.467 e. The fourth-order valence-corrected chi connectivity index (χ4v) is 4.06. The number of carbonyl (C=O) groups is 1. The van der Waals surface area contributed by atoms with Crippen molar-refractivity contribution in [1.82, 2.24) is 4.90 Å². The van der Waals surface area contributed by atoms with Crippen LogP contribution in [-0.2, 0) is 13.0 Å². The number of benzene rings is 1. The van der Waals surface area contributed by atoms with Crippen LogP contribution >= 0.6 is 0 Å². The topological polar surface area (TPSA) is 62.7 Å². The summed E-state index contributed by atoms with van der Waals surface area (Å²) >= 11 is 0. The molecule has 2 aliphatic rings. The fourth-order valence-electron chi connectivity index (χ4n) is 4.06. The van der Waals surface area contributed by atoms with Crippen molar-refractivity contribution in [3.63, 3.8) is 0 Å². The lowest BCUT2D eigenvalue weighted by molar-refractivity contribution is 0.0785. The SMILES string of the molecule is CC1Cc2ccccc2N1Cc1occc1C(=O)N1CCC(CN)C1. The summed E-state index contributed by atoms with van der Waals surface area (Å²) in [5.41, 5.74) is 9.05. The molecule has 0 radical (unpaired) electrons. The number of fused-ring (bicyclic) bond motifs is 1. The van der Waals surface area contributed by atoms with E-state index < -0.39 is 0 Å². The Bertz CT molecular complexity index is 770. The first-order chi connectivity index (χ1) is 12.2. The van der Waals surface area contributed by atoms with E-state index in [1.807, 2.05) is 4.90 Å². The van der Waals surface area contributed by atoms with Gasteiger partial charge < -0.3 is 20.0 Å². The fraction of sp³-hybridized carbons (Fsp3) is 0.450. The van der Waals surface area contributed by atoms with Crippen LogP contribution in [0.1, 0.15) is 35.0 Å². The van der Waals surface area contributed by atoms with Crippen LogP contribution in [0.5, 0.6) is 0 Å². The maximum Gasteiger partial charge on any atom is 0.257 e. The molecule has 2 atom stereocenters.